The van der Waals surface area contributed by atoms with Crippen molar-refractivity contribution in [1.29, 1.82) is 0 Å². The molecule has 1 heterocycles. The summed E-state index contributed by atoms with van der Waals surface area (Å²) in [5, 5.41) is 0. The van der Waals surface area contributed by atoms with Crippen LogP contribution in [0.2, 0.25) is 0 Å². The fraction of sp³-hybridized carbons (Fsp3) is 0.846. The average molecular weight is 210 g/mol. The van der Waals surface area contributed by atoms with Gasteiger partial charge in [0.1, 0.15) is 5.60 Å². The van der Waals surface area contributed by atoms with Crippen molar-refractivity contribution >= 4 is 0 Å². The van der Waals surface area contributed by atoms with Gasteiger partial charge in [-0.25, -0.2) is 0 Å². The van der Waals surface area contributed by atoms with Crippen LogP contribution in [0.25, 0.3) is 0 Å². The van der Waals surface area contributed by atoms with E-state index in [2.05, 4.69) is 39.8 Å². The number of rotatable bonds is 3. The molecule has 86 valence electrons. The molecule has 1 aliphatic heterocycles. The highest BCUT2D eigenvalue weighted by molar-refractivity contribution is 5.19. The number of ether oxygens (including phenoxy) is 2. The van der Waals surface area contributed by atoms with Crippen LogP contribution >= 0.6 is 0 Å². The molecule has 15 heavy (non-hydrogen) atoms. The van der Waals surface area contributed by atoms with Gasteiger partial charge in [0.05, 0.1) is 12.2 Å². The summed E-state index contributed by atoms with van der Waals surface area (Å²) in [6, 6.07) is 0. The van der Waals surface area contributed by atoms with E-state index >= 15 is 0 Å². The SMILES string of the molecule is C/C=C/[C@@H]1C[C@]2(OCC)[C@H]1COC2(C)C. The van der Waals surface area contributed by atoms with E-state index in [0.29, 0.717) is 11.8 Å². The Hall–Kier alpha value is -0.340. The summed E-state index contributed by atoms with van der Waals surface area (Å²) in [6.45, 7) is 10.1. The first-order chi connectivity index (χ1) is 7.07. The van der Waals surface area contributed by atoms with E-state index < -0.39 is 0 Å². The van der Waals surface area contributed by atoms with E-state index in [1.807, 2.05) is 0 Å². The van der Waals surface area contributed by atoms with Gasteiger partial charge in [-0.15, -0.1) is 0 Å². The summed E-state index contributed by atoms with van der Waals surface area (Å²) in [5.74, 6) is 1.21. The van der Waals surface area contributed by atoms with Crippen molar-refractivity contribution in [3.05, 3.63) is 12.2 Å². The fourth-order valence-electron chi connectivity index (χ4n) is 3.25. The lowest BCUT2D eigenvalue weighted by Gasteiger charge is -2.54. The summed E-state index contributed by atoms with van der Waals surface area (Å²) in [7, 11) is 0. The topological polar surface area (TPSA) is 18.5 Å². The number of hydrogen-bond donors (Lipinski definition) is 0. The molecule has 0 N–H and O–H groups in total. The van der Waals surface area contributed by atoms with Crippen LogP contribution in [0, 0.1) is 11.8 Å². The van der Waals surface area contributed by atoms with Crippen LogP contribution in [0.5, 0.6) is 0 Å². The minimum Gasteiger partial charge on any atom is -0.372 e. The number of allylic oxidation sites excluding steroid dienone is 2. The molecule has 0 radical (unpaired) electrons. The van der Waals surface area contributed by atoms with Crippen molar-refractivity contribution in [1.82, 2.24) is 0 Å². The van der Waals surface area contributed by atoms with E-state index in [1.165, 1.54) is 0 Å². The van der Waals surface area contributed by atoms with E-state index in [4.69, 9.17) is 9.47 Å². The molecule has 0 bridgehead atoms. The second-order valence-electron chi connectivity index (χ2n) is 5.14. The molecule has 0 aromatic rings. The molecular formula is C13H22O2. The third-order valence-electron chi connectivity index (χ3n) is 4.14. The van der Waals surface area contributed by atoms with Crippen LogP contribution in [0.3, 0.4) is 0 Å². The summed E-state index contributed by atoms with van der Waals surface area (Å²) in [4.78, 5) is 0. The Balaban J connectivity index is 2.18. The van der Waals surface area contributed by atoms with E-state index in [-0.39, 0.29) is 11.2 Å². The number of hydrogen-bond acceptors (Lipinski definition) is 2. The zero-order valence-electron chi connectivity index (χ0n) is 10.2. The van der Waals surface area contributed by atoms with Gasteiger partial charge >= 0.3 is 0 Å². The lowest BCUT2D eigenvalue weighted by molar-refractivity contribution is -0.197. The molecule has 2 nitrogen and oxygen atoms in total. The van der Waals surface area contributed by atoms with E-state index in [1.54, 1.807) is 0 Å². The number of fused-ring (bicyclic) bond motifs is 1. The van der Waals surface area contributed by atoms with Crippen molar-refractivity contribution in [2.75, 3.05) is 13.2 Å². The second kappa shape index (κ2) is 3.60. The molecule has 0 aromatic carbocycles. The minimum atomic E-state index is -0.119. The van der Waals surface area contributed by atoms with Gasteiger partial charge in [-0.3, -0.25) is 0 Å². The quantitative estimate of drug-likeness (QED) is 0.667. The first kappa shape index (κ1) is 11.2. The Morgan fingerprint density at radius 3 is 2.80 bits per heavy atom. The maximum atomic E-state index is 6.02. The Bertz CT molecular complexity index is 270. The molecule has 0 aromatic heterocycles. The van der Waals surface area contributed by atoms with E-state index in [9.17, 15) is 0 Å². The largest absolute Gasteiger partial charge is 0.372 e. The van der Waals surface area contributed by atoms with Gasteiger partial charge in [0, 0.05) is 12.5 Å². The standard InChI is InChI=1S/C13H22O2/c1-5-7-10-8-13(14-6-2)11(10)9-15-12(13,3)4/h5,7,10-11H,6,8-9H2,1-4H3/b7-5+/t10-,11+,13+/m1/s1. The van der Waals surface area contributed by atoms with Gasteiger partial charge in [-0.1, -0.05) is 12.2 Å². The third-order valence-corrected chi connectivity index (χ3v) is 4.14. The van der Waals surface area contributed by atoms with Crippen molar-refractivity contribution < 1.29 is 9.47 Å². The molecule has 0 amide bonds. The molecule has 2 aliphatic rings. The molecule has 1 saturated carbocycles. The molecule has 2 fully saturated rings. The summed E-state index contributed by atoms with van der Waals surface area (Å²) in [5.41, 5.74) is -0.141. The molecule has 0 spiro atoms. The third kappa shape index (κ3) is 1.38. The Labute approximate surface area is 92.6 Å². The first-order valence-electron chi connectivity index (χ1n) is 5.98. The van der Waals surface area contributed by atoms with E-state index in [0.717, 1.165) is 19.6 Å². The maximum absolute atomic E-state index is 6.02. The van der Waals surface area contributed by atoms with Crippen molar-refractivity contribution in [2.24, 2.45) is 11.8 Å². The maximum Gasteiger partial charge on any atom is 0.103 e. The van der Waals surface area contributed by atoms with Crippen molar-refractivity contribution in [2.45, 2.75) is 45.3 Å². The van der Waals surface area contributed by atoms with Crippen molar-refractivity contribution in [3.8, 4) is 0 Å². The molecule has 1 aliphatic carbocycles. The fourth-order valence-corrected chi connectivity index (χ4v) is 3.25. The van der Waals surface area contributed by atoms with Gasteiger partial charge in [0.2, 0.25) is 0 Å². The summed E-state index contributed by atoms with van der Waals surface area (Å²) in [6.07, 6.45) is 5.56. The van der Waals surface area contributed by atoms with Crippen molar-refractivity contribution in [3.63, 3.8) is 0 Å². The predicted octanol–water partition coefficient (Wildman–Crippen LogP) is 2.78. The molecule has 2 rings (SSSR count). The average Bonchev–Trinajstić information content (AvgIpc) is 2.33. The molecule has 0 unspecified atom stereocenters. The van der Waals surface area contributed by atoms with Crippen LogP contribution in [0.1, 0.15) is 34.1 Å². The van der Waals surface area contributed by atoms with Crippen LogP contribution in [-0.2, 0) is 9.47 Å². The monoisotopic (exact) mass is 210 g/mol. The Morgan fingerprint density at radius 1 is 1.47 bits per heavy atom. The van der Waals surface area contributed by atoms with Gasteiger partial charge in [0.25, 0.3) is 0 Å². The summed E-state index contributed by atoms with van der Waals surface area (Å²) < 4.78 is 11.9. The minimum absolute atomic E-state index is 0.0219. The van der Waals surface area contributed by atoms with Gasteiger partial charge in [-0.05, 0) is 40.0 Å². The Morgan fingerprint density at radius 2 is 2.20 bits per heavy atom. The summed E-state index contributed by atoms with van der Waals surface area (Å²) >= 11 is 0. The molecule has 3 atom stereocenters. The first-order valence-corrected chi connectivity index (χ1v) is 5.98. The van der Waals surface area contributed by atoms with Gasteiger partial charge in [0.15, 0.2) is 0 Å². The lowest BCUT2D eigenvalue weighted by Crippen LogP contribution is -2.62. The van der Waals surface area contributed by atoms with Crippen LogP contribution in [-0.4, -0.2) is 24.4 Å². The zero-order chi connectivity index (χ0) is 11.1. The highest BCUT2D eigenvalue weighted by atomic mass is 16.6. The lowest BCUT2D eigenvalue weighted by atomic mass is 9.57. The second-order valence-corrected chi connectivity index (χ2v) is 5.14. The smallest absolute Gasteiger partial charge is 0.103 e. The predicted molar refractivity (Wildman–Crippen MR) is 60.8 cm³/mol. The Kier molecular flexibility index (Phi) is 2.68. The van der Waals surface area contributed by atoms with Crippen LogP contribution in [0.15, 0.2) is 12.2 Å². The van der Waals surface area contributed by atoms with Crippen LogP contribution < -0.4 is 0 Å². The molecule has 2 heteroatoms. The molecule has 1 saturated heterocycles. The van der Waals surface area contributed by atoms with Gasteiger partial charge < -0.3 is 9.47 Å². The highest BCUT2D eigenvalue weighted by Gasteiger charge is 2.66. The highest BCUT2D eigenvalue weighted by Crippen LogP contribution is 2.58. The normalized spacial score (nSPS) is 42.9. The van der Waals surface area contributed by atoms with Crippen LogP contribution in [0.4, 0.5) is 0 Å². The molecular weight excluding hydrogens is 188 g/mol. The zero-order valence-corrected chi connectivity index (χ0v) is 10.2. The van der Waals surface area contributed by atoms with Gasteiger partial charge in [-0.2, -0.15) is 0 Å².